The molecule has 0 spiro atoms. The second-order valence-electron chi connectivity index (χ2n) is 7.20. The van der Waals surface area contributed by atoms with Gasteiger partial charge in [-0.15, -0.1) is 6.42 Å². The summed E-state index contributed by atoms with van der Waals surface area (Å²) in [6.07, 6.45) is 9.05. The first kappa shape index (κ1) is 24.1. The summed E-state index contributed by atoms with van der Waals surface area (Å²) in [6.45, 7) is 4.49. The Morgan fingerprint density at radius 2 is 2.00 bits per heavy atom. The van der Waals surface area contributed by atoms with Crippen LogP contribution in [0.15, 0.2) is 24.3 Å². The lowest BCUT2D eigenvalue weighted by Crippen LogP contribution is -2.47. The van der Waals surface area contributed by atoms with Gasteiger partial charge in [0.15, 0.2) is 0 Å². The van der Waals surface area contributed by atoms with E-state index in [2.05, 4.69) is 38.7 Å². The first-order chi connectivity index (χ1) is 14.5. The number of piperidine rings is 1. The van der Waals surface area contributed by atoms with Crippen LogP contribution < -0.4 is 15.4 Å². The van der Waals surface area contributed by atoms with Gasteiger partial charge in [-0.2, -0.15) is 0 Å². The van der Waals surface area contributed by atoms with Crippen LogP contribution in [0.25, 0.3) is 0 Å². The van der Waals surface area contributed by atoms with Crippen molar-refractivity contribution >= 4 is 23.8 Å². The third-order valence-corrected chi connectivity index (χ3v) is 6.31. The second-order valence-corrected chi connectivity index (χ2v) is 8.03. The third kappa shape index (κ3) is 6.94. The minimum atomic E-state index is -0.282. The minimum absolute atomic E-state index is 0.0579. The highest BCUT2D eigenvalue weighted by Gasteiger charge is 2.29. The Kier molecular flexibility index (Phi) is 10.0. The van der Waals surface area contributed by atoms with E-state index in [-0.39, 0.29) is 37.5 Å². The van der Waals surface area contributed by atoms with Gasteiger partial charge in [-0.05, 0) is 32.1 Å². The Hall–Kier alpha value is -2.21. The number of terminal acetylenes is 1. The van der Waals surface area contributed by atoms with Gasteiger partial charge in [-0.1, -0.05) is 36.1 Å². The highest BCUT2D eigenvalue weighted by atomic mass is 32.2. The van der Waals surface area contributed by atoms with Crippen molar-refractivity contribution in [2.24, 2.45) is 0 Å². The molecule has 1 atom stereocenters. The van der Waals surface area contributed by atoms with Gasteiger partial charge in [-0.25, -0.2) is 4.31 Å². The second kappa shape index (κ2) is 12.5. The Morgan fingerprint density at radius 1 is 1.30 bits per heavy atom. The maximum atomic E-state index is 12.3. The molecule has 1 aliphatic heterocycles. The zero-order valence-corrected chi connectivity index (χ0v) is 18.8. The maximum Gasteiger partial charge on any atom is 0.240 e. The van der Waals surface area contributed by atoms with E-state index in [1.165, 1.54) is 5.56 Å². The lowest BCUT2D eigenvalue weighted by Gasteiger charge is -2.40. The number of para-hydroxylation sites is 1. The molecular weight excluding hydrogens is 400 g/mol. The van der Waals surface area contributed by atoms with Crippen LogP contribution in [0.4, 0.5) is 0 Å². The van der Waals surface area contributed by atoms with Crippen LogP contribution in [0.2, 0.25) is 0 Å². The van der Waals surface area contributed by atoms with Gasteiger partial charge < -0.3 is 15.4 Å². The molecule has 2 N–H and O–H groups in total. The van der Waals surface area contributed by atoms with E-state index in [0.29, 0.717) is 6.04 Å². The Balaban J connectivity index is 1.83. The number of methoxy groups -OCH3 is 1. The highest BCUT2D eigenvalue weighted by molar-refractivity contribution is 7.96. The highest BCUT2D eigenvalue weighted by Crippen LogP contribution is 2.32. The van der Waals surface area contributed by atoms with Crippen molar-refractivity contribution in [2.45, 2.75) is 31.8 Å². The smallest absolute Gasteiger partial charge is 0.240 e. The summed E-state index contributed by atoms with van der Waals surface area (Å²) < 4.78 is 7.63. The summed E-state index contributed by atoms with van der Waals surface area (Å²) in [4.78, 5) is 26.3. The fourth-order valence-corrected chi connectivity index (χ4v) is 4.46. The van der Waals surface area contributed by atoms with E-state index in [1.54, 1.807) is 19.1 Å². The SMILES string of the molecule is C#CCNC(=O)CNC(=O)CN(SC)C1CCN(C(C)c2ccccc2OC)CC1. The molecule has 0 aliphatic carbocycles. The summed E-state index contributed by atoms with van der Waals surface area (Å²) >= 11 is 1.57. The summed E-state index contributed by atoms with van der Waals surface area (Å²) in [5.41, 5.74) is 1.20. The molecule has 0 bridgehead atoms. The number of amides is 2. The first-order valence-corrected chi connectivity index (χ1v) is 11.3. The number of nitrogens with one attached hydrogen (secondary N) is 2. The van der Waals surface area contributed by atoms with E-state index >= 15 is 0 Å². The fourth-order valence-electron chi connectivity index (χ4n) is 3.70. The molecule has 8 heteroatoms. The van der Waals surface area contributed by atoms with Gasteiger partial charge in [-0.3, -0.25) is 14.5 Å². The zero-order valence-electron chi connectivity index (χ0n) is 18.0. The molecule has 0 radical (unpaired) electrons. The monoisotopic (exact) mass is 432 g/mol. The summed E-state index contributed by atoms with van der Waals surface area (Å²) in [5, 5.41) is 5.19. The minimum Gasteiger partial charge on any atom is -0.496 e. The molecule has 2 rings (SSSR count). The molecule has 7 nitrogen and oxygen atoms in total. The molecule has 1 unspecified atom stereocenters. The zero-order chi connectivity index (χ0) is 21.9. The molecule has 2 amide bonds. The maximum absolute atomic E-state index is 12.3. The van der Waals surface area contributed by atoms with E-state index in [4.69, 9.17) is 11.2 Å². The van der Waals surface area contributed by atoms with E-state index in [0.717, 1.165) is 31.7 Å². The van der Waals surface area contributed by atoms with Crippen molar-refractivity contribution < 1.29 is 14.3 Å². The molecule has 30 heavy (non-hydrogen) atoms. The predicted octanol–water partition coefficient (Wildman–Crippen LogP) is 1.67. The first-order valence-electron chi connectivity index (χ1n) is 10.1. The predicted molar refractivity (Wildman–Crippen MR) is 121 cm³/mol. The number of rotatable bonds is 10. The van der Waals surface area contributed by atoms with Crippen molar-refractivity contribution in [1.82, 2.24) is 19.8 Å². The van der Waals surface area contributed by atoms with Crippen LogP contribution in [0.3, 0.4) is 0 Å². The van der Waals surface area contributed by atoms with Gasteiger partial charge in [0.25, 0.3) is 0 Å². The number of carbonyl (C=O) groups excluding carboxylic acids is 2. The van der Waals surface area contributed by atoms with Crippen LogP contribution in [0.5, 0.6) is 5.75 Å². The molecule has 1 saturated heterocycles. The van der Waals surface area contributed by atoms with Gasteiger partial charge in [0, 0.05) is 30.7 Å². The molecule has 0 aromatic heterocycles. The molecule has 1 aromatic carbocycles. The molecular formula is C22H32N4O3S. The third-order valence-electron chi connectivity index (χ3n) is 5.41. The number of carbonyl (C=O) groups is 2. The van der Waals surface area contributed by atoms with Crippen molar-refractivity contribution in [2.75, 3.05) is 46.1 Å². The summed E-state index contributed by atoms with van der Waals surface area (Å²) in [5.74, 6) is 2.81. The fraction of sp³-hybridized carbons (Fsp3) is 0.545. The molecule has 1 fully saturated rings. The molecule has 1 aliphatic rings. The summed E-state index contributed by atoms with van der Waals surface area (Å²) in [7, 11) is 1.71. The van der Waals surface area contributed by atoms with Crippen molar-refractivity contribution in [1.29, 1.82) is 0 Å². The Bertz CT molecular complexity index is 744. The van der Waals surface area contributed by atoms with Crippen LogP contribution in [-0.2, 0) is 9.59 Å². The van der Waals surface area contributed by atoms with Crippen LogP contribution in [0.1, 0.15) is 31.4 Å². The average molecular weight is 433 g/mol. The van der Waals surface area contributed by atoms with Crippen LogP contribution in [0, 0.1) is 12.3 Å². The average Bonchev–Trinajstić information content (AvgIpc) is 2.79. The normalized spacial score (nSPS) is 16.0. The van der Waals surface area contributed by atoms with Crippen molar-refractivity contribution in [3.05, 3.63) is 29.8 Å². The lowest BCUT2D eigenvalue weighted by atomic mass is 9.99. The molecule has 1 aromatic rings. The summed E-state index contributed by atoms with van der Waals surface area (Å²) in [6, 6.07) is 8.74. The van der Waals surface area contributed by atoms with Gasteiger partial charge in [0.2, 0.25) is 11.8 Å². The molecule has 164 valence electrons. The molecule has 1 heterocycles. The Labute approximate surface area is 184 Å². The van der Waals surface area contributed by atoms with Gasteiger partial charge in [0.1, 0.15) is 5.75 Å². The number of benzene rings is 1. The lowest BCUT2D eigenvalue weighted by molar-refractivity contribution is -0.126. The number of likely N-dealkylation sites (tertiary alicyclic amines) is 1. The standard InChI is InChI=1S/C22H32N4O3S/c1-5-12-23-21(27)15-24-22(28)16-26(30-4)18-10-13-25(14-11-18)17(2)19-8-6-7-9-20(19)29-3/h1,6-9,17-18H,10-16H2,2-4H3,(H,23,27)(H,24,28). The van der Waals surface area contributed by atoms with Gasteiger partial charge in [0.05, 0.1) is 26.7 Å². The van der Waals surface area contributed by atoms with Crippen LogP contribution in [-0.4, -0.2) is 73.2 Å². The number of hydrogen-bond acceptors (Lipinski definition) is 6. The quantitative estimate of drug-likeness (QED) is 0.433. The molecule has 0 saturated carbocycles. The van der Waals surface area contributed by atoms with E-state index < -0.39 is 0 Å². The van der Waals surface area contributed by atoms with Crippen molar-refractivity contribution in [3.63, 3.8) is 0 Å². The Morgan fingerprint density at radius 3 is 2.63 bits per heavy atom. The number of nitrogens with zero attached hydrogens (tertiary/aromatic N) is 2. The van der Waals surface area contributed by atoms with Gasteiger partial charge >= 0.3 is 0 Å². The van der Waals surface area contributed by atoms with Crippen LogP contribution >= 0.6 is 11.9 Å². The van der Waals surface area contributed by atoms with E-state index in [9.17, 15) is 9.59 Å². The van der Waals surface area contributed by atoms with E-state index in [1.807, 2.05) is 24.5 Å². The van der Waals surface area contributed by atoms with Crippen molar-refractivity contribution in [3.8, 4) is 18.1 Å². The largest absolute Gasteiger partial charge is 0.496 e. The topological polar surface area (TPSA) is 73.9 Å². The number of ether oxygens (including phenoxy) is 1. The number of hydrogen-bond donors (Lipinski definition) is 2.